The molecule has 0 aliphatic rings. The molecule has 3 nitrogen and oxygen atoms in total. The number of halogens is 1. The summed E-state index contributed by atoms with van der Waals surface area (Å²) in [7, 11) is 0. The van der Waals surface area contributed by atoms with Gasteiger partial charge in [0, 0.05) is 19.0 Å². The molecule has 0 aliphatic heterocycles. The van der Waals surface area contributed by atoms with Crippen molar-refractivity contribution in [1.82, 2.24) is 5.32 Å². The molecule has 0 atom stereocenters. The number of hydrogen-bond acceptors (Lipinski definition) is 3. The smallest absolute Gasteiger partial charge is 0.0698 e. The van der Waals surface area contributed by atoms with Crippen molar-refractivity contribution in [2.45, 2.75) is 0 Å². The summed E-state index contributed by atoms with van der Waals surface area (Å²) in [4.78, 5) is 0. The minimum absolute atomic E-state index is 0.0894. The second-order valence-corrected chi connectivity index (χ2v) is 2.47. The predicted molar refractivity (Wildman–Crippen MR) is 50.6 cm³/mol. The van der Waals surface area contributed by atoms with E-state index in [0.717, 1.165) is 13.1 Å². The van der Waals surface area contributed by atoms with Crippen LogP contribution in [-0.4, -0.2) is 43.9 Å². The lowest BCUT2D eigenvalue weighted by Crippen LogP contribution is -2.20. The van der Waals surface area contributed by atoms with Crippen LogP contribution in [0, 0.1) is 0 Å². The van der Waals surface area contributed by atoms with Crippen LogP contribution >= 0.6 is 11.6 Å². The normalized spacial score (nSPS) is 11.2. The number of nitrogens with one attached hydrogen (secondary N) is 1. The third-order valence-electron chi connectivity index (χ3n) is 1.18. The molecule has 2 N–H and O–H groups in total. The highest BCUT2D eigenvalue weighted by molar-refractivity contribution is 6.18. The first kappa shape index (κ1) is 11.9. The molecule has 0 heterocycles. The molecule has 0 saturated heterocycles. The van der Waals surface area contributed by atoms with Gasteiger partial charge in [0.05, 0.1) is 19.8 Å². The number of allylic oxidation sites excluding steroid dienone is 1. The zero-order valence-corrected chi connectivity index (χ0v) is 7.89. The zero-order chi connectivity index (χ0) is 9.07. The van der Waals surface area contributed by atoms with E-state index in [0.29, 0.717) is 19.1 Å². The first-order valence-corrected chi connectivity index (χ1v) is 4.55. The molecule has 0 aromatic rings. The minimum atomic E-state index is 0.0894. The quantitative estimate of drug-likeness (QED) is 0.333. The molecule has 0 rings (SSSR count). The Morgan fingerprint density at radius 3 is 2.83 bits per heavy atom. The molecule has 0 spiro atoms. The van der Waals surface area contributed by atoms with E-state index in [2.05, 4.69) is 5.32 Å². The van der Waals surface area contributed by atoms with E-state index in [-0.39, 0.29) is 6.61 Å². The second-order valence-electron chi connectivity index (χ2n) is 2.17. The highest BCUT2D eigenvalue weighted by atomic mass is 35.5. The van der Waals surface area contributed by atoms with Crippen molar-refractivity contribution in [3.8, 4) is 0 Å². The van der Waals surface area contributed by atoms with Gasteiger partial charge in [-0.3, -0.25) is 0 Å². The van der Waals surface area contributed by atoms with Gasteiger partial charge >= 0.3 is 0 Å². The third kappa shape index (κ3) is 9.91. The summed E-state index contributed by atoms with van der Waals surface area (Å²) < 4.78 is 5.03. The Morgan fingerprint density at radius 1 is 1.33 bits per heavy atom. The second kappa shape index (κ2) is 10.9. The van der Waals surface area contributed by atoms with Gasteiger partial charge in [0.25, 0.3) is 0 Å². The fraction of sp³-hybridized carbons (Fsp3) is 0.750. The van der Waals surface area contributed by atoms with Crippen LogP contribution in [0.2, 0.25) is 0 Å². The van der Waals surface area contributed by atoms with Gasteiger partial charge in [-0.05, 0) is 0 Å². The number of aliphatic hydroxyl groups excluding tert-OH is 1. The van der Waals surface area contributed by atoms with Crippen molar-refractivity contribution in [3.05, 3.63) is 12.2 Å². The summed E-state index contributed by atoms with van der Waals surface area (Å²) in [5.74, 6) is 0.558. The largest absolute Gasteiger partial charge is 0.394 e. The van der Waals surface area contributed by atoms with Crippen molar-refractivity contribution in [3.63, 3.8) is 0 Å². The maximum atomic E-state index is 8.37. The summed E-state index contributed by atoms with van der Waals surface area (Å²) in [6.45, 7) is 2.75. The van der Waals surface area contributed by atoms with Crippen LogP contribution in [0.1, 0.15) is 0 Å². The number of ether oxygens (including phenoxy) is 1. The van der Waals surface area contributed by atoms with E-state index >= 15 is 0 Å². The average Bonchev–Trinajstić information content (AvgIpc) is 2.10. The Labute approximate surface area is 78.4 Å². The molecule has 0 radical (unpaired) electrons. The van der Waals surface area contributed by atoms with E-state index in [4.69, 9.17) is 21.4 Å². The number of rotatable bonds is 8. The molecule has 0 bridgehead atoms. The Kier molecular flexibility index (Phi) is 10.8. The number of alkyl halides is 1. The van der Waals surface area contributed by atoms with Gasteiger partial charge in [-0.2, -0.15) is 0 Å². The van der Waals surface area contributed by atoms with Crippen LogP contribution < -0.4 is 5.32 Å². The molecule has 72 valence electrons. The maximum Gasteiger partial charge on any atom is 0.0698 e. The first-order valence-electron chi connectivity index (χ1n) is 4.02. The number of aliphatic hydroxyl groups is 1. The third-order valence-corrected chi connectivity index (χ3v) is 1.35. The molecule has 0 amide bonds. The van der Waals surface area contributed by atoms with Gasteiger partial charge in [-0.15, -0.1) is 11.6 Å². The molecule has 0 fully saturated rings. The predicted octanol–water partition coefficient (Wildman–Crippen LogP) is 0.380. The molecular weight excluding hydrogens is 178 g/mol. The maximum absolute atomic E-state index is 8.37. The van der Waals surface area contributed by atoms with Crippen LogP contribution in [0.15, 0.2) is 12.2 Å². The minimum Gasteiger partial charge on any atom is -0.394 e. The van der Waals surface area contributed by atoms with Crippen LogP contribution in [0.3, 0.4) is 0 Å². The molecule has 0 aliphatic carbocycles. The zero-order valence-electron chi connectivity index (χ0n) is 7.13. The van der Waals surface area contributed by atoms with Crippen LogP contribution in [-0.2, 0) is 4.74 Å². The van der Waals surface area contributed by atoms with Crippen LogP contribution in [0.25, 0.3) is 0 Å². The van der Waals surface area contributed by atoms with E-state index < -0.39 is 0 Å². The van der Waals surface area contributed by atoms with Crippen molar-refractivity contribution >= 4 is 11.6 Å². The van der Waals surface area contributed by atoms with Gasteiger partial charge < -0.3 is 15.2 Å². The molecule has 0 aromatic heterocycles. The lowest BCUT2D eigenvalue weighted by Gasteiger charge is -2.01. The monoisotopic (exact) mass is 193 g/mol. The highest BCUT2D eigenvalue weighted by Gasteiger charge is 1.85. The van der Waals surface area contributed by atoms with E-state index in [1.54, 1.807) is 0 Å². The summed E-state index contributed by atoms with van der Waals surface area (Å²) >= 11 is 5.42. The van der Waals surface area contributed by atoms with Crippen LogP contribution in [0.5, 0.6) is 0 Å². The standard InChI is InChI=1S/C8H16ClNO2/c9-3-1-2-4-10-5-7-12-8-6-11/h1-2,10-11H,3-8H2/b2-1+. The van der Waals surface area contributed by atoms with Crippen molar-refractivity contribution in [2.24, 2.45) is 0 Å². The number of hydrogen-bond donors (Lipinski definition) is 2. The SMILES string of the molecule is OCCOCCNC/C=C/CCl. The van der Waals surface area contributed by atoms with Crippen molar-refractivity contribution in [1.29, 1.82) is 0 Å². The van der Waals surface area contributed by atoms with E-state index in [9.17, 15) is 0 Å². The molecular formula is C8H16ClNO2. The Balaban J connectivity index is 2.86. The lowest BCUT2D eigenvalue weighted by molar-refractivity contribution is 0.0943. The fourth-order valence-electron chi connectivity index (χ4n) is 0.643. The van der Waals surface area contributed by atoms with Gasteiger partial charge in [0.2, 0.25) is 0 Å². The van der Waals surface area contributed by atoms with Crippen LogP contribution in [0.4, 0.5) is 0 Å². The van der Waals surface area contributed by atoms with Gasteiger partial charge in [-0.1, -0.05) is 12.2 Å². The summed E-state index contributed by atoms with van der Waals surface area (Å²) in [6.07, 6.45) is 3.86. The topological polar surface area (TPSA) is 41.5 Å². The molecule has 0 aromatic carbocycles. The van der Waals surface area contributed by atoms with E-state index in [1.165, 1.54) is 0 Å². The molecule has 0 unspecified atom stereocenters. The van der Waals surface area contributed by atoms with E-state index in [1.807, 2.05) is 12.2 Å². The van der Waals surface area contributed by atoms with Gasteiger partial charge in [-0.25, -0.2) is 0 Å². The highest BCUT2D eigenvalue weighted by Crippen LogP contribution is 1.76. The Bertz CT molecular complexity index is 109. The Hall–Kier alpha value is -0.0900. The summed E-state index contributed by atoms with van der Waals surface area (Å²) in [5.41, 5.74) is 0. The molecule has 0 saturated carbocycles. The lowest BCUT2D eigenvalue weighted by atomic mass is 10.5. The van der Waals surface area contributed by atoms with Gasteiger partial charge in [0.1, 0.15) is 0 Å². The summed E-state index contributed by atoms with van der Waals surface area (Å²) in [5, 5.41) is 11.5. The van der Waals surface area contributed by atoms with Crippen molar-refractivity contribution < 1.29 is 9.84 Å². The molecule has 4 heteroatoms. The van der Waals surface area contributed by atoms with Gasteiger partial charge in [0.15, 0.2) is 0 Å². The summed E-state index contributed by atoms with van der Waals surface area (Å²) in [6, 6.07) is 0. The first-order chi connectivity index (χ1) is 5.91. The average molecular weight is 194 g/mol. The fourth-order valence-corrected chi connectivity index (χ4v) is 0.769. The van der Waals surface area contributed by atoms with Crippen molar-refractivity contribution in [2.75, 3.05) is 38.8 Å². The Morgan fingerprint density at radius 2 is 2.17 bits per heavy atom. The molecule has 12 heavy (non-hydrogen) atoms.